The van der Waals surface area contributed by atoms with E-state index in [1.165, 1.54) is 7.11 Å². The molecule has 0 atom stereocenters. The summed E-state index contributed by atoms with van der Waals surface area (Å²) in [6.45, 7) is 7.95. The van der Waals surface area contributed by atoms with Gasteiger partial charge in [-0.3, -0.25) is 4.68 Å². The van der Waals surface area contributed by atoms with E-state index in [-0.39, 0.29) is 11.2 Å². The molecule has 0 N–H and O–H groups in total. The number of carbonyl (C=O) groups excluding carboxylic acids is 1. The van der Waals surface area contributed by atoms with Crippen molar-refractivity contribution in [2.75, 3.05) is 7.11 Å². The Morgan fingerprint density at radius 1 is 1.43 bits per heavy atom. The van der Waals surface area contributed by atoms with Gasteiger partial charge in [0.2, 0.25) is 11.7 Å². The molecule has 2 aromatic heterocycles. The van der Waals surface area contributed by atoms with Crippen LogP contribution in [0.1, 0.15) is 49.6 Å². The number of carbonyl (C=O) groups is 1. The Bertz CT molecular complexity index is 662. The van der Waals surface area contributed by atoms with E-state index in [1.54, 1.807) is 4.68 Å². The van der Waals surface area contributed by atoms with Crippen LogP contribution in [0.4, 0.5) is 0 Å². The van der Waals surface area contributed by atoms with Gasteiger partial charge in [0.25, 0.3) is 0 Å². The van der Waals surface area contributed by atoms with Crippen LogP contribution in [0.25, 0.3) is 11.6 Å². The molecular weight excluding hydrogens is 270 g/mol. The average Bonchev–Trinajstić information content (AvgIpc) is 3.00. The third kappa shape index (κ3) is 2.84. The number of nitrogens with zero attached hydrogens (tertiary/aromatic N) is 3. The van der Waals surface area contributed by atoms with Crippen LogP contribution in [0.5, 0.6) is 0 Å². The highest BCUT2D eigenvalue weighted by atomic mass is 16.5. The molecule has 0 saturated heterocycles. The molecule has 6 heteroatoms. The number of rotatable bonds is 3. The number of methoxy groups -OCH3 is 1. The van der Waals surface area contributed by atoms with Gasteiger partial charge < -0.3 is 9.15 Å². The van der Waals surface area contributed by atoms with Crippen molar-refractivity contribution in [3.63, 3.8) is 0 Å². The Labute approximate surface area is 124 Å². The van der Waals surface area contributed by atoms with Gasteiger partial charge in [0.15, 0.2) is 0 Å². The van der Waals surface area contributed by atoms with Gasteiger partial charge in [-0.1, -0.05) is 27.7 Å². The van der Waals surface area contributed by atoms with Crippen LogP contribution in [-0.2, 0) is 23.6 Å². The Balaban J connectivity index is 2.58. The topological polar surface area (TPSA) is 70.2 Å². The first-order chi connectivity index (χ1) is 9.77. The molecule has 21 heavy (non-hydrogen) atoms. The van der Waals surface area contributed by atoms with E-state index < -0.39 is 5.97 Å². The summed E-state index contributed by atoms with van der Waals surface area (Å²) in [7, 11) is 3.16. The highest BCUT2D eigenvalue weighted by Crippen LogP contribution is 2.30. The van der Waals surface area contributed by atoms with Crippen LogP contribution in [0, 0.1) is 0 Å². The molecule has 2 aromatic rings. The molecule has 0 aromatic carbocycles. The summed E-state index contributed by atoms with van der Waals surface area (Å²) in [5.74, 6) is 0.0193. The molecule has 0 aliphatic heterocycles. The third-order valence-electron chi connectivity index (χ3n) is 3.22. The lowest BCUT2D eigenvalue weighted by Gasteiger charge is -2.15. The van der Waals surface area contributed by atoms with Crippen LogP contribution in [-0.4, -0.2) is 27.8 Å². The van der Waals surface area contributed by atoms with Crippen molar-refractivity contribution in [1.29, 1.82) is 0 Å². The van der Waals surface area contributed by atoms with Gasteiger partial charge in [-0.15, -0.1) is 0 Å². The zero-order valence-electron chi connectivity index (χ0n) is 13.4. The summed E-state index contributed by atoms with van der Waals surface area (Å²) in [4.78, 5) is 16.4. The summed E-state index contributed by atoms with van der Waals surface area (Å²) >= 11 is 0. The van der Waals surface area contributed by atoms with Crippen LogP contribution in [0.15, 0.2) is 10.5 Å². The molecular formula is C15H21N3O3. The maximum Gasteiger partial charge on any atom is 0.376 e. The SMILES string of the molecule is CCc1cc(-c2nc(C(C)(C)C)c(C(=O)OC)o2)n(C)n1. The first kappa shape index (κ1) is 15.3. The van der Waals surface area contributed by atoms with Crippen LogP contribution < -0.4 is 0 Å². The second-order valence-electron chi connectivity index (χ2n) is 5.94. The molecule has 0 fully saturated rings. The van der Waals surface area contributed by atoms with Crippen LogP contribution >= 0.6 is 0 Å². The number of oxazole rings is 1. The fraction of sp³-hybridized carbons (Fsp3) is 0.533. The second-order valence-corrected chi connectivity index (χ2v) is 5.94. The molecule has 0 aliphatic rings. The smallest absolute Gasteiger partial charge is 0.376 e. The van der Waals surface area contributed by atoms with Gasteiger partial charge in [0.1, 0.15) is 11.4 Å². The molecule has 2 rings (SSSR count). The summed E-state index contributed by atoms with van der Waals surface area (Å²) in [5, 5.41) is 4.37. The molecule has 0 unspecified atom stereocenters. The number of hydrogen-bond acceptors (Lipinski definition) is 5. The molecule has 2 heterocycles. The first-order valence-electron chi connectivity index (χ1n) is 6.90. The zero-order chi connectivity index (χ0) is 15.8. The van der Waals surface area contributed by atoms with Crippen molar-refractivity contribution in [1.82, 2.24) is 14.8 Å². The minimum atomic E-state index is -0.517. The fourth-order valence-electron chi connectivity index (χ4n) is 2.07. The van der Waals surface area contributed by atoms with Crippen molar-refractivity contribution >= 4 is 5.97 Å². The molecule has 0 bridgehead atoms. The molecule has 114 valence electrons. The number of esters is 1. The largest absolute Gasteiger partial charge is 0.463 e. The quantitative estimate of drug-likeness (QED) is 0.813. The van der Waals surface area contributed by atoms with E-state index in [2.05, 4.69) is 10.1 Å². The fourth-order valence-corrected chi connectivity index (χ4v) is 2.07. The van der Waals surface area contributed by atoms with Gasteiger partial charge in [-0.2, -0.15) is 5.10 Å². The monoisotopic (exact) mass is 291 g/mol. The maximum atomic E-state index is 11.9. The van der Waals surface area contributed by atoms with E-state index >= 15 is 0 Å². The van der Waals surface area contributed by atoms with Gasteiger partial charge in [0, 0.05) is 12.5 Å². The normalized spacial score (nSPS) is 11.7. The lowest BCUT2D eigenvalue weighted by Crippen LogP contribution is -2.17. The highest BCUT2D eigenvalue weighted by Gasteiger charge is 2.30. The molecule has 0 spiro atoms. The average molecular weight is 291 g/mol. The van der Waals surface area contributed by atoms with Crippen molar-refractivity contribution in [2.45, 2.75) is 39.5 Å². The molecule has 0 radical (unpaired) electrons. The Hall–Kier alpha value is -2.11. The summed E-state index contributed by atoms with van der Waals surface area (Å²) in [5.41, 5.74) is 1.95. The standard InChI is InChI=1S/C15H21N3O3/c1-7-9-8-10(18(5)17-9)13-16-12(15(2,3)4)11(21-13)14(19)20-6/h8H,7H2,1-6H3. The number of aromatic nitrogens is 3. The summed E-state index contributed by atoms with van der Waals surface area (Å²) in [6, 6.07) is 1.92. The molecule has 0 amide bonds. The number of aryl methyl sites for hydroxylation is 2. The predicted molar refractivity (Wildman–Crippen MR) is 78.1 cm³/mol. The number of ether oxygens (including phenoxy) is 1. The van der Waals surface area contributed by atoms with Gasteiger partial charge in [0.05, 0.1) is 12.8 Å². The van der Waals surface area contributed by atoms with Gasteiger partial charge in [-0.05, 0) is 12.5 Å². The van der Waals surface area contributed by atoms with E-state index in [9.17, 15) is 4.79 Å². The summed E-state index contributed by atoms with van der Waals surface area (Å²) < 4.78 is 12.2. The van der Waals surface area contributed by atoms with Crippen LogP contribution in [0.3, 0.4) is 0 Å². The van der Waals surface area contributed by atoms with Crippen molar-refractivity contribution in [3.8, 4) is 11.6 Å². The first-order valence-corrected chi connectivity index (χ1v) is 6.90. The van der Waals surface area contributed by atoms with Gasteiger partial charge in [-0.25, -0.2) is 9.78 Å². The summed E-state index contributed by atoms with van der Waals surface area (Å²) in [6.07, 6.45) is 0.824. The molecule has 0 saturated carbocycles. The number of hydrogen-bond donors (Lipinski definition) is 0. The third-order valence-corrected chi connectivity index (χ3v) is 3.22. The lowest BCUT2D eigenvalue weighted by molar-refractivity contribution is 0.0562. The van der Waals surface area contributed by atoms with Crippen molar-refractivity contribution in [2.24, 2.45) is 7.05 Å². The van der Waals surface area contributed by atoms with Crippen molar-refractivity contribution < 1.29 is 13.9 Å². The van der Waals surface area contributed by atoms with E-state index in [0.29, 0.717) is 11.6 Å². The Kier molecular flexibility index (Phi) is 3.89. The van der Waals surface area contributed by atoms with Gasteiger partial charge >= 0.3 is 5.97 Å². The van der Waals surface area contributed by atoms with E-state index in [1.807, 2.05) is 40.8 Å². The Morgan fingerprint density at radius 3 is 2.57 bits per heavy atom. The van der Waals surface area contributed by atoms with E-state index in [4.69, 9.17) is 9.15 Å². The lowest BCUT2D eigenvalue weighted by atomic mass is 9.91. The highest BCUT2D eigenvalue weighted by molar-refractivity contribution is 5.88. The minimum absolute atomic E-state index is 0.152. The minimum Gasteiger partial charge on any atom is -0.463 e. The predicted octanol–water partition coefficient (Wildman–Crippen LogP) is 2.72. The molecule has 6 nitrogen and oxygen atoms in total. The van der Waals surface area contributed by atoms with Crippen molar-refractivity contribution in [3.05, 3.63) is 23.2 Å². The Morgan fingerprint density at radius 2 is 2.10 bits per heavy atom. The van der Waals surface area contributed by atoms with Crippen LogP contribution in [0.2, 0.25) is 0 Å². The zero-order valence-corrected chi connectivity index (χ0v) is 13.4. The maximum absolute atomic E-state index is 11.9. The second kappa shape index (κ2) is 5.35. The molecule has 0 aliphatic carbocycles. The van der Waals surface area contributed by atoms with E-state index in [0.717, 1.165) is 17.8 Å².